The Hall–Kier alpha value is -0.850. The van der Waals surface area contributed by atoms with E-state index in [0.717, 1.165) is 50.3 Å². The molecule has 25 heavy (non-hydrogen) atoms. The maximum absolute atomic E-state index is 12.2. The number of Topliss-reactive ketones (excluding diaryl/α,β-unsaturated/α-hetero) is 1. The van der Waals surface area contributed by atoms with Crippen molar-refractivity contribution < 1.29 is 24.8 Å². The average Bonchev–Trinajstić information content (AvgIpc) is 2.89. The summed E-state index contributed by atoms with van der Waals surface area (Å²) in [5.74, 6) is 0.462. The Kier molecular flexibility index (Phi) is 11.1. The van der Waals surface area contributed by atoms with Crippen molar-refractivity contribution >= 4 is 22.8 Å². The van der Waals surface area contributed by atoms with E-state index in [1.165, 1.54) is 19.3 Å². The third-order valence-electron chi connectivity index (χ3n) is 4.87. The number of thioether (sulfide) groups is 1. The molecule has 0 saturated heterocycles. The number of allylic oxidation sites excluding steroid dienone is 1. The fraction of sp³-hybridized carbons (Fsp3) is 0.789. The number of aliphatic hydroxyl groups is 1. The van der Waals surface area contributed by atoms with E-state index in [1.54, 1.807) is 0 Å². The monoisotopic (exact) mass is 372 g/mol. The Labute approximate surface area is 155 Å². The Morgan fingerprint density at radius 3 is 2.76 bits per heavy atom. The van der Waals surface area contributed by atoms with E-state index in [4.69, 9.17) is 5.26 Å². The lowest BCUT2D eigenvalue weighted by Gasteiger charge is -2.26. The van der Waals surface area contributed by atoms with Crippen molar-refractivity contribution in [2.24, 2.45) is 5.92 Å². The van der Waals surface area contributed by atoms with E-state index in [1.807, 2.05) is 6.08 Å². The topological polar surface area (TPSA) is 83.8 Å². The molecule has 5 nitrogen and oxygen atoms in total. The maximum Gasteiger partial charge on any atom is 0.400 e. The van der Waals surface area contributed by atoms with Crippen molar-refractivity contribution in [2.75, 3.05) is 5.75 Å². The largest absolute Gasteiger partial charge is 0.400 e. The number of carbonyl (C=O) groups excluding carboxylic acids is 2. The third kappa shape index (κ3) is 7.92. The van der Waals surface area contributed by atoms with Crippen molar-refractivity contribution in [3.63, 3.8) is 0 Å². The summed E-state index contributed by atoms with van der Waals surface area (Å²) in [5.41, 5.74) is -1.21. The highest BCUT2D eigenvalue weighted by Gasteiger charge is 2.46. The van der Waals surface area contributed by atoms with E-state index < -0.39 is 10.9 Å². The zero-order chi connectivity index (χ0) is 18.5. The van der Waals surface area contributed by atoms with Crippen molar-refractivity contribution in [1.29, 1.82) is 0 Å². The van der Waals surface area contributed by atoms with E-state index in [2.05, 4.69) is 17.9 Å². The van der Waals surface area contributed by atoms with Crippen LogP contribution in [0.5, 0.6) is 0 Å². The van der Waals surface area contributed by atoms with Crippen LogP contribution >= 0.6 is 11.8 Å². The van der Waals surface area contributed by atoms with Gasteiger partial charge >= 0.3 is 5.30 Å². The van der Waals surface area contributed by atoms with Crippen LogP contribution in [-0.2, 0) is 9.68 Å². The van der Waals surface area contributed by atoms with Gasteiger partial charge in [0.1, 0.15) is 5.60 Å². The molecule has 1 saturated carbocycles. The van der Waals surface area contributed by atoms with Gasteiger partial charge in [0.15, 0.2) is 5.78 Å². The summed E-state index contributed by atoms with van der Waals surface area (Å²) >= 11 is 0.927. The smallest absolute Gasteiger partial charge is 0.381 e. The minimum Gasteiger partial charge on any atom is -0.381 e. The number of unbranched alkanes of at least 4 members (excludes halogenated alkanes) is 6. The van der Waals surface area contributed by atoms with Gasteiger partial charge in [-0.2, -0.15) is 5.26 Å². The molecule has 0 amide bonds. The molecule has 0 bridgehead atoms. The van der Waals surface area contributed by atoms with Gasteiger partial charge in [-0.3, -0.25) is 9.68 Å². The van der Waals surface area contributed by atoms with E-state index in [9.17, 15) is 14.7 Å². The average molecular weight is 373 g/mol. The predicted octanol–water partition coefficient (Wildman–Crippen LogP) is 5.13. The van der Waals surface area contributed by atoms with Gasteiger partial charge in [-0.1, -0.05) is 51.2 Å². The van der Waals surface area contributed by atoms with Gasteiger partial charge in [-0.15, -0.1) is 0 Å². The van der Waals surface area contributed by atoms with E-state index in [0.29, 0.717) is 18.6 Å². The molecule has 1 rings (SSSR count). The van der Waals surface area contributed by atoms with Crippen LogP contribution in [0.3, 0.4) is 0 Å². The number of carbonyl (C=O) groups is 2. The van der Waals surface area contributed by atoms with Gasteiger partial charge in [0.2, 0.25) is 0 Å². The van der Waals surface area contributed by atoms with Crippen LogP contribution in [0, 0.1) is 5.92 Å². The molecule has 0 aliphatic heterocycles. The van der Waals surface area contributed by atoms with Crippen molar-refractivity contribution in [1.82, 2.24) is 0 Å². The lowest BCUT2D eigenvalue weighted by atomic mass is 9.84. The number of hydrogen-bond donors (Lipinski definition) is 2. The molecule has 0 aromatic rings. The maximum atomic E-state index is 12.2. The Bertz CT molecular complexity index is 438. The molecule has 2 atom stereocenters. The van der Waals surface area contributed by atoms with Gasteiger partial charge in [-0.05, 0) is 43.9 Å². The molecule has 6 heteroatoms. The molecule has 0 aromatic heterocycles. The molecule has 1 aliphatic carbocycles. The highest BCUT2D eigenvalue weighted by atomic mass is 32.2. The number of ketones is 1. The molecule has 0 unspecified atom stereocenters. The van der Waals surface area contributed by atoms with E-state index >= 15 is 0 Å². The first-order valence-electron chi connectivity index (χ1n) is 9.45. The Balaban J connectivity index is 2.31. The summed E-state index contributed by atoms with van der Waals surface area (Å²) in [6.45, 7) is 2.19. The minimum atomic E-state index is -1.21. The molecule has 1 fully saturated rings. The minimum absolute atomic E-state index is 0.0358. The van der Waals surface area contributed by atoms with E-state index in [-0.39, 0.29) is 11.7 Å². The molecule has 144 valence electrons. The fourth-order valence-corrected chi connectivity index (χ4v) is 3.90. The second-order valence-electron chi connectivity index (χ2n) is 6.77. The highest BCUT2D eigenvalue weighted by Crippen LogP contribution is 2.38. The summed E-state index contributed by atoms with van der Waals surface area (Å²) in [6, 6.07) is 0. The molecular formula is C19H32O5S. The van der Waals surface area contributed by atoms with Crippen molar-refractivity contribution in [3.8, 4) is 0 Å². The number of hydrogen-bond acceptors (Lipinski definition) is 6. The van der Waals surface area contributed by atoms with Crippen molar-refractivity contribution in [3.05, 3.63) is 12.2 Å². The fourth-order valence-electron chi connectivity index (χ4n) is 3.33. The first-order valence-corrected chi connectivity index (χ1v) is 10.4. The second kappa shape index (κ2) is 12.5. The summed E-state index contributed by atoms with van der Waals surface area (Å²) in [5, 5.41) is 18.3. The Morgan fingerprint density at radius 2 is 2.04 bits per heavy atom. The standard InChI is InChI=1S/C19H32O5S/c1-2-3-4-5-6-8-11-16-12-13-17(20)19(16,22)14-9-7-10-15-25-18(21)24-23/h8,11,16,22-23H,2-7,9-10,12-15H2,1H3/t16-,19-/m0/s1. The van der Waals surface area contributed by atoms with Gasteiger partial charge in [0.05, 0.1) is 0 Å². The van der Waals surface area contributed by atoms with Crippen LogP contribution in [0.25, 0.3) is 0 Å². The molecule has 1 aliphatic rings. The normalized spacial score (nSPS) is 23.5. The second-order valence-corrected chi connectivity index (χ2v) is 7.80. The van der Waals surface area contributed by atoms with Gasteiger partial charge in [0.25, 0.3) is 0 Å². The molecular weight excluding hydrogens is 340 g/mol. The van der Waals surface area contributed by atoms with Crippen LogP contribution < -0.4 is 0 Å². The Morgan fingerprint density at radius 1 is 1.28 bits per heavy atom. The molecule has 0 heterocycles. The van der Waals surface area contributed by atoms with Crippen LogP contribution in [-0.4, -0.2) is 32.8 Å². The zero-order valence-corrected chi connectivity index (χ0v) is 16.1. The summed E-state index contributed by atoms with van der Waals surface area (Å²) in [7, 11) is 0. The third-order valence-corrected chi connectivity index (χ3v) is 5.67. The van der Waals surface area contributed by atoms with Gasteiger partial charge in [0, 0.05) is 18.1 Å². The molecule has 0 spiro atoms. The first-order chi connectivity index (χ1) is 12.0. The summed E-state index contributed by atoms with van der Waals surface area (Å²) < 4.78 is 0. The van der Waals surface area contributed by atoms with Crippen LogP contribution in [0.1, 0.15) is 77.6 Å². The predicted molar refractivity (Wildman–Crippen MR) is 101 cm³/mol. The zero-order valence-electron chi connectivity index (χ0n) is 15.2. The molecule has 2 N–H and O–H groups in total. The van der Waals surface area contributed by atoms with Crippen molar-refractivity contribution in [2.45, 2.75) is 83.2 Å². The lowest BCUT2D eigenvalue weighted by molar-refractivity contribution is -0.166. The van der Waals surface area contributed by atoms with Gasteiger partial charge < -0.3 is 5.11 Å². The van der Waals surface area contributed by atoms with Crippen LogP contribution in [0.15, 0.2) is 12.2 Å². The number of rotatable bonds is 12. The first kappa shape index (κ1) is 22.2. The quantitative estimate of drug-likeness (QED) is 0.214. The highest BCUT2D eigenvalue weighted by molar-refractivity contribution is 8.13. The molecule has 0 aromatic carbocycles. The van der Waals surface area contributed by atoms with Gasteiger partial charge in [-0.25, -0.2) is 4.79 Å². The summed E-state index contributed by atoms with van der Waals surface area (Å²) in [6.07, 6.45) is 14.1. The SMILES string of the molecule is CCCCCCC=C[C@H]1CCC(=O)[C@]1(O)CCCCCSC(=O)OO. The summed E-state index contributed by atoms with van der Waals surface area (Å²) in [4.78, 5) is 26.5. The van der Waals surface area contributed by atoms with Crippen LogP contribution in [0.4, 0.5) is 4.79 Å². The lowest BCUT2D eigenvalue weighted by Crippen LogP contribution is -2.39. The van der Waals surface area contributed by atoms with Crippen LogP contribution in [0.2, 0.25) is 0 Å². The molecule has 0 radical (unpaired) electrons.